The highest BCUT2D eigenvalue weighted by Crippen LogP contribution is 2.27. The normalized spacial score (nSPS) is 11.1. The van der Waals surface area contributed by atoms with Gasteiger partial charge in [-0.1, -0.05) is 70.9 Å². The smallest absolute Gasteiger partial charge is 0.339 e. The summed E-state index contributed by atoms with van der Waals surface area (Å²) in [5.74, 6) is -0.290. The Kier molecular flexibility index (Phi) is 8.75. The van der Waals surface area contributed by atoms with Gasteiger partial charge in [0.1, 0.15) is 11.3 Å². The number of aromatic carboxylic acids is 1. The second-order valence-electron chi connectivity index (χ2n) is 6.98. The molecule has 0 bridgehead atoms. The number of aromatic hydroxyl groups is 1. The highest BCUT2D eigenvalue weighted by molar-refractivity contribution is 5.93. The molecule has 0 amide bonds. The van der Waals surface area contributed by atoms with Crippen molar-refractivity contribution < 1.29 is 15.0 Å². The van der Waals surface area contributed by atoms with E-state index in [4.69, 9.17) is 5.11 Å². The van der Waals surface area contributed by atoms with E-state index in [-0.39, 0.29) is 11.3 Å². The van der Waals surface area contributed by atoms with E-state index in [1.165, 1.54) is 38.5 Å². The van der Waals surface area contributed by atoms with Gasteiger partial charge in [-0.3, -0.25) is 0 Å². The quantitative estimate of drug-likeness (QED) is 0.513. The minimum atomic E-state index is -1.05. The second-order valence-corrected chi connectivity index (χ2v) is 6.98. The van der Waals surface area contributed by atoms with Crippen LogP contribution < -0.4 is 0 Å². The molecule has 0 saturated carbocycles. The lowest BCUT2D eigenvalue weighted by molar-refractivity contribution is 0.0692. The number of carboxylic acids is 1. The average molecular weight is 320 g/mol. The van der Waals surface area contributed by atoms with Crippen LogP contribution in [0.5, 0.6) is 5.75 Å². The molecule has 0 heterocycles. The summed E-state index contributed by atoms with van der Waals surface area (Å²) in [4.78, 5) is 11.2. The number of hydrogen-bond donors (Lipinski definition) is 2. The van der Waals surface area contributed by atoms with E-state index in [1.807, 2.05) is 6.07 Å². The van der Waals surface area contributed by atoms with Crippen LogP contribution in [0.4, 0.5) is 0 Å². The van der Waals surface area contributed by atoms with Crippen LogP contribution in [0.3, 0.4) is 0 Å². The molecule has 2 N–H and O–H groups in total. The number of carbonyl (C=O) groups is 1. The van der Waals surface area contributed by atoms with Gasteiger partial charge < -0.3 is 10.2 Å². The van der Waals surface area contributed by atoms with Crippen molar-refractivity contribution in [1.29, 1.82) is 0 Å². The third-order valence-corrected chi connectivity index (χ3v) is 4.41. The molecule has 0 unspecified atom stereocenters. The summed E-state index contributed by atoms with van der Waals surface area (Å²) in [6, 6.07) is 3.64. The number of unbranched alkanes of at least 4 members (excludes halogenated alkanes) is 6. The van der Waals surface area contributed by atoms with Crippen LogP contribution in [0.15, 0.2) is 12.1 Å². The molecule has 3 nitrogen and oxygen atoms in total. The number of carboxylic acid groups (broad SMARTS) is 1. The van der Waals surface area contributed by atoms with Crippen molar-refractivity contribution in [3.05, 3.63) is 28.8 Å². The first-order chi connectivity index (χ1) is 10.9. The lowest BCUT2D eigenvalue weighted by Gasteiger charge is -2.10. The van der Waals surface area contributed by atoms with Crippen molar-refractivity contribution >= 4 is 5.97 Å². The fraction of sp³-hybridized carbons (Fsp3) is 0.650. The van der Waals surface area contributed by atoms with E-state index in [0.717, 1.165) is 30.7 Å². The summed E-state index contributed by atoms with van der Waals surface area (Å²) >= 11 is 0. The van der Waals surface area contributed by atoms with E-state index in [0.29, 0.717) is 5.56 Å². The Morgan fingerprint density at radius 2 is 1.57 bits per heavy atom. The molecule has 130 valence electrons. The minimum absolute atomic E-state index is 0.0488. The summed E-state index contributed by atoms with van der Waals surface area (Å²) in [6.45, 7) is 6.26. The standard InChI is InChI=1S/C20H32O3/c1-15(2)11-9-7-5-4-6-8-10-12-17-14-13-16(3)18(19(17)21)20(22)23/h13-15,21H,4-12H2,1-3H3,(H,22,23). The van der Waals surface area contributed by atoms with Crippen molar-refractivity contribution in [2.45, 2.75) is 78.6 Å². The van der Waals surface area contributed by atoms with E-state index in [2.05, 4.69) is 13.8 Å². The van der Waals surface area contributed by atoms with Gasteiger partial charge in [-0.2, -0.15) is 0 Å². The molecule has 0 atom stereocenters. The van der Waals surface area contributed by atoms with Gasteiger partial charge >= 0.3 is 5.97 Å². The Bertz CT molecular complexity index is 492. The number of rotatable bonds is 11. The van der Waals surface area contributed by atoms with Crippen LogP contribution >= 0.6 is 0 Å². The van der Waals surface area contributed by atoms with Crippen molar-refractivity contribution in [1.82, 2.24) is 0 Å². The molecule has 0 aliphatic rings. The molecular formula is C20H32O3. The van der Waals surface area contributed by atoms with E-state index < -0.39 is 5.97 Å². The number of aryl methyl sites for hydroxylation is 2. The Morgan fingerprint density at radius 1 is 1.00 bits per heavy atom. The van der Waals surface area contributed by atoms with E-state index in [1.54, 1.807) is 13.0 Å². The maximum absolute atomic E-state index is 11.2. The predicted octanol–water partition coefficient (Wildman–Crippen LogP) is 5.72. The van der Waals surface area contributed by atoms with Crippen molar-refractivity contribution in [2.75, 3.05) is 0 Å². The Hall–Kier alpha value is -1.51. The molecule has 23 heavy (non-hydrogen) atoms. The molecule has 1 aromatic carbocycles. The number of benzene rings is 1. The van der Waals surface area contributed by atoms with Gasteiger partial charge in [-0.15, -0.1) is 0 Å². The molecule has 1 rings (SSSR count). The van der Waals surface area contributed by atoms with Crippen LogP contribution in [0.2, 0.25) is 0 Å². The molecular weight excluding hydrogens is 288 g/mol. The van der Waals surface area contributed by atoms with Crippen LogP contribution in [0.25, 0.3) is 0 Å². The molecule has 0 spiro atoms. The van der Waals surface area contributed by atoms with Gasteiger partial charge in [-0.25, -0.2) is 4.79 Å². The summed E-state index contributed by atoms with van der Waals surface area (Å²) in [5.41, 5.74) is 1.41. The van der Waals surface area contributed by atoms with E-state index in [9.17, 15) is 9.90 Å². The van der Waals surface area contributed by atoms with Crippen LogP contribution in [-0.4, -0.2) is 16.2 Å². The summed E-state index contributed by atoms with van der Waals surface area (Å²) in [7, 11) is 0. The van der Waals surface area contributed by atoms with Gasteiger partial charge in [0.05, 0.1) is 0 Å². The van der Waals surface area contributed by atoms with Crippen molar-refractivity contribution in [3.63, 3.8) is 0 Å². The lowest BCUT2D eigenvalue weighted by atomic mass is 9.98. The van der Waals surface area contributed by atoms with Gasteiger partial charge in [-0.05, 0) is 36.8 Å². The van der Waals surface area contributed by atoms with Crippen LogP contribution in [-0.2, 0) is 6.42 Å². The molecule has 0 aromatic heterocycles. The van der Waals surface area contributed by atoms with Gasteiger partial charge in [0.2, 0.25) is 0 Å². The van der Waals surface area contributed by atoms with Gasteiger partial charge in [0.15, 0.2) is 0 Å². The fourth-order valence-electron chi connectivity index (χ4n) is 2.96. The van der Waals surface area contributed by atoms with Crippen molar-refractivity contribution in [2.24, 2.45) is 5.92 Å². The third-order valence-electron chi connectivity index (χ3n) is 4.41. The predicted molar refractivity (Wildman–Crippen MR) is 95.3 cm³/mol. The molecule has 0 fully saturated rings. The topological polar surface area (TPSA) is 57.5 Å². The molecule has 3 heteroatoms. The third kappa shape index (κ3) is 7.06. The Labute approximate surface area is 140 Å². The van der Waals surface area contributed by atoms with E-state index >= 15 is 0 Å². The zero-order chi connectivity index (χ0) is 17.2. The summed E-state index contributed by atoms with van der Waals surface area (Å²) in [5, 5.41) is 19.3. The summed E-state index contributed by atoms with van der Waals surface area (Å²) in [6.07, 6.45) is 10.7. The maximum atomic E-state index is 11.2. The average Bonchev–Trinajstić information content (AvgIpc) is 2.47. The largest absolute Gasteiger partial charge is 0.507 e. The maximum Gasteiger partial charge on any atom is 0.339 e. The molecule has 0 aliphatic carbocycles. The Balaban J connectivity index is 2.24. The van der Waals surface area contributed by atoms with Crippen LogP contribution in [0, 0.1) is 12.8 Å². The highest BCUT2D eigenvalue weighted by atomic mass is 16.4. The molecule has 0 aliphatic heterocycles. The lowest BCUT2D eigenvalue weighted by Crippen LogP contribution is -2.02. The first kappa shape index (κ1) is 19.5. The Morgan fingerprint density at radius 3 is 2.13 bits per heavy atom. The number of hydrogen-bond acceptors (Lipinski definition) is 2. The fourth-order valence-corrected chi connectivity index (χ4v) is 2.96. The minimum Gasteiger partial charge on any atom is -0.507 e. The van der Waals surface area contributed by atoms with Gasteiger partial charge in [0.25, 0.3) is 0 Å². The SMILES string of the molecule is Cc1ccc(CCCCCCCCCC(C)C)c(O)c1C(=O)O. The molecule has 0 radical (unpaired) electrons. The second kappa shape index (κ2) is 10.3. The van der Waals surface area contributed by atoms with Crippen LogP contribution in [0.1, 0.15) is 86.7 Å². The first-order valence-corrected chi connectivity index (χ1v) is 8.98. The monoisotopic (exact) mass is 320 g/mol. The zero-order valence-electron chi connectivity index (χ0n) is 14.9. The zero-order valence-corrected chi connectivity index (χ0v) is 14.9. The van der Waals surface area contributed by atoms with Gasteiger partial charge in [0, 0.05) is 0 Å². The highest BCUT2D eigenvalue weighted by Gasteiger charge is 2.16. The number of phenols is 1. The molecule has 0 saturated heterocycles. The van der Waals surface area contributed by atoms with Crippen molar-refractivity contribution in [3.8, 4) is 5.75 Å². The molecule has 1 aromatic rings. The summed E-state index contributed by atoms with van der Waals surface area (Å²) < 4.78 is 0. The first-order valence-electron chi connectivity index (χ1n) is 8.98.